The van der Waals surface area contributed by atoms with Crippen molar-refractivity contribution in [1.82, 2.24) is 20.2 Å². The Bertz CT molecular complexity index is 1520. The van der Waals surface area contributed by atoms with Gasteiger partial charge in [-0.25, -0.2) is 4.98 Å². The number of piperazine rings is 1. The molecule has 12 heteroatoms. The van der Waals surface area contributed by atoms with Crippen LogP contribution in [0.1, 0.15) is 99.9 Å². The first-order valence-electron chi connectivity index (χ1n) is 16.7. The van der Waals surface area contributed by atoms with Crippen LogP contribution in [0.2, 0.25) is 0 Å². The van der Waals surface area contributed by atoms with Crippen molar-refractivity contribution in [2.24, 2.45) is 11.7 Å². The minimum Gasteiger partial charge on any atom is -0.477 e. The van der Waals surface area contributed by atoms with Crippen molar-refractivity contribution in [2.75, 3.05) is 50.5 Å². The summed E-state index contributed by atoms with van der Waals surface area (Å²) >= 11 is 1.41. The number of Topliss-reactive ketones (excluding diaryl/α,β-unsaturated/α-hetero) is 1. The van der Waals surface area contributed by atoms with E-state index in [4.69, 9.17) is 26.2 Å². The topological polar surface area (TPSA) is 163 Å². The predicted molar refractivity (Wildman–Crippen MR) is 182 cm³/mol. The lowest BCUT2D eigenvalue weighted by molar-refractivity contribution is -0.132. The molecule has 1 aliphatic heterocycles. The number of fused-ring (bicyclic) bond motifs is 1. The number of aromatic nitrogens is 2. The summed E-state index contributed by atoms with van der Waals surface area (Å²) in [7, 11) is 1.95. The molecule has 11 nitrogen and oxygen atoms in total. The van der Waals surface area contributed by atoms with Gasteiger partial charge in [0.1, 0.15) is 16.9 Å². The number of hydrogen-bond donors (Lipinski definition) is 3. The van der Waals surface area contributed by atoms with Gasteiger partial charge in [0, 0.05) is 49.0 Å². The number of ether oxygens (including phenoxy) is 1. The summed E-state index contributed by atoms with van der Waals surface area (Å²) in [5.74, 6) is 1.23. The lowest BCUT2D eigenvalue weighted by Crippen LogP contribution is -2.56. The molecule has 1 amide bonds. The van der Waals surface area contributed by atoms with Crippen LogP contribution in [0, 0.1) is 17.2 Å². The first kappa shape index (κ1) is 33.7. The van der Waals surface area contributed by atoms with Gasteiger partial charge in [0.2, 0.25) is 11.8 Å². The third-order valence-corrected chi connectivity index (χ3v) is 10.7. The molecule has 3 heterocycles. The molecule has 1 saturated heterocycles. The Morgan fingerprint density at radius 1 is 1.30 bits per heavy atom. The summed E-state index contributed by atoms with van der Waals surface area (Å²) in [6.45, 7) is 9.18. The third kappa shape index (κ3) is 7.00. The number of carbonyl (C=O) groups is 2. The van der Waals surface area contributed by atoms with Crippen molar-refractivity contribution in [1.29, 1.82) is 5.26 Å². The zero-order valence-corrected chi connectivity index (χ0v) is 28.5. The molecular formula is C34H48N8O3S. The molecule has 0 radical (unpaired) electrons. The molecular weight excluding hydrogens is 600 g/mol. The van der Waals surface area contributed by atoms with Gasteiger partial charge in [0.05, 0.1) is 23.4 Å². The SMILES string of the molecule is CCC/C(C(=O)[C@H]1CCCc2sc(N)c(C#N)c21)=C(/N)c1nc(OC[C@@H](C)CCCNC)cc(N2CCN(C(C)=O)C3(CC3)C2)n1. The van der Waals surface area contributed by atoms with Gasteiger partial charge in [0.25, 0.3) is 0 Å². The molecule has 5 N–H and O–H groups in total. The zero-order valence-electron chi connectivity index (χ0n) is 27.7. The maximum atomic E-state index is 14.3. The Labute approximate surface area is 276 Å². The van der Waals surface area contributed by atoms with Crippen molar-refractivity contribution in [3.63, 3.8) is 0 Å². The second-order valence-corrected chi connectivity index (χ2v) is 14.2. The number of ketones is 1. The number of aryl methyl sites for hydroxylation is 1. The average molecular weight is 649 g/mol. The Morgan fingerprint density at radius 3 is 2.76 bits per heavy atom. The summed E-state index contributed by atoms with van der Waals surface area (Å²) in [5.41, 5.74) is 14.8. The largest absolute Gasteiger partial charge is 0.477 e. The van der Waals surface area contributed by atoms with E-state index in [9.17, 15) is 14.9 Å². The van der Waals surface area contributed by atoms with Gasteiger partial charge in [-0.05, 0) is 76.4 Å². The quantitative estimate of drug-likeness (QED) is 0.210. The van der Waals surface area contributed by atoms with E-state index in [1.165, 1.54) is 11.3 Å². The molecule has 2 aromatic heterocycles. The first-order chi connectivity index (χ1) is 22.1. The second kappa shape index (κ2) is 14.4. The van der Waals surface area contributed by atoms with Crippen LogP contribution < -0.4 is 26.4 Å². The van der Waals surface area contributed by atoms with Crippen LogP contribution >= 0.6 is 11.3 Å². The van der Waals surface area contributed by atoms with Crippen LogP contribution in [-0.2, 0) is 16.0 Å². The zero-order chi connectivity index (χ0) is 33.0. The number of carbonyl (C=O) groups excluding carboxylic acids is 2. The summed E-state index contributed by atoms with van der Waals surface area (Å²) in [6, 6.07) is 4.10. The van der Waals surface area contributed by atoms with Crippen molar-refractivity contribution in [3.8, 4) is 11.9 Å². The third-order valence-electron chi connectivity index (χ3n) is 9.60. The predicted octanol–water partition coefficient (Wildman–Crippen LogP) is 4.37. The number of nitrogen functional groups attached to an aromatic ring is 1. The number of nitriles is 1. The van der Waals surface area contributed by atoms with Gasteiger partial charge in [-0.1, -0.05) is 20.3 Å². The maximum absolute atomic E-state index is 14.3. The number of hydrogen-bond acceptors (Lipinski definition) is 11. The number of nitrogens with two attached hydrogens (primary N) is 2. The monoisotopic (exact) mass is 648 g/mol. The van der Waals surface area contributed by atoms with Crippen LogP contribution in [0.5, 0.6) is 5.88 Å². The molecule has 0 bridgehead atoms. The molecule has 46 heavy (non-hydrogen) atoms. The highest BCUT2D eigenvalue weighted by Crippen LogP contribution is 2.46. The Kier molecular flexibility index (Phi) is 10.5. The number of thiophene rings is 1. The van der Waals surface area contributed by atoms with E-state index in [1.807, 2.05) is 24.9 Å². The lowest BCUT2D eigenvalue weighted by Gasteiger charge is -2.42. The van der Waals surface area contributed by atoms with Crippen molar-refractivity contribution < 1.29 is 14.3 Å². The fourth-order valence-electron chi connectivity index (χ4n) is 6.98. The molecule has 2 fully saturated rings. The van der Waals surface area contributed by atoms with Gasteiger partial charge in [-0.15, -0.1) is 11.3 Å². The number of amides is 1. The number of anilines is 2. The normalized spacial score (nSPS) is 19.7. The van der Waals surface area contributed by atoms with Crippen LogP contribution in [0.4, 0.5) is 10.8 Å². The number of nitrogens with one attached hydrogen (secondary N) is 1. The van der Waals surface area contributed by atoms with E-state index in [0.29, 0.717) is 79.3 Å². The Morgan fingerprint density at radius 2 is 2.09 bits per heavy atom. The van der Waals surface area contributed by atoms with Crippen molar-refractivity contribution >= 4 is 39.5 Å². The summed E-state index contributed by atoms with van der Waals surface area (Å²) in [6.07, 6.45) is 7.47. The average Bonchev–Trinajstić information content (AvgIpc) is 3.72. The van der Waals surface area contributed by atoms with E-state index >= 15 is 0 Å². The number of nitrogens with zero attached hydrogens (tertiary/aromatic N) is 5. The van der Waals surface area contributed by atoms with E-state index in [0.717, 1.165) is 55.5 Å². The molecule has 0 aromatic carbocycles. The fourth-order valence-corrected chi connectivity index (χ4v) is 8.11. The molecule has 1 saturated carbocycles. The van der Waals surface area contributed by atoms with Crippen LogP contribution in [0.15, 0.2) is 11.6 Å². The Hall–Kier alpha value is -3.69. The van der Waals surface area contributed by atoms with Gasteiger partial charge in [-0.3, -0.25) is 9.59 Å². The molecule has 1 spiro atoms. The van der Waals surface area contributed by atoms with Crippen molar-refractivity contribution in [2.45, 2.75) is 90.0 Å². The van der Waals surface area contributed by atoms with E-state index in [2.05, 4.69) is 23.2 Å². The molecule has 2 aromatic rings. The minimum absolute atomic E-state index is 0.0868. The summed E-state index contributed by atoms with van der Waals surface area (Å²) < 4.78 is 6.27. The van der Waals surface area contributed by atoms with Gasteiger partial charge in [-0.2, -0.15) is 10.2 Å². The van der Waals surface area contributed by atoms with Gasteiger partial charge >= 0.3 is 0 Å². The lowest BCUT2D eigenvalue weighted by atomic mass is 9.79. The number of allylic oxidation sites excluding steroid dienone is 1. The molecule has 5 rings (SSSR count). The molecule has 248 valence electrons. The highest BCUT2D eigenvalue weighted by atomic mass is 32.1. The Balaban J connectivity index is 1.50. The molecule has 3 aliphatic rings. The summed E-state index contributed by atoms with van der Waals surface area (Å²) in [5, 5.41) is 13.5. The highest BCUT2D eigenvalue weighted by molar-refractivity contribution is 7.16. The van der Waals surface area contributed by atoms with Gasteiger partial charge in [0.15, 0.2) is 11.6 Å². The molecule has 2 atom stereocenters. The van der Waals surface area contributed by atoms with Crippen LogP contribution in [0.3, 0.4) is 0 Å². The highest BCUT2D eigenvalue weighted by Gasteiger charge is 2.52. The van der Waals surface area contributed by atoms with Crippen LogP contribution in [0.25, 0.3) is 5.70 Å². The molecule has 0 unspecified atom stereocenters. The van der Waals surface area contributed by atoms with Gasteiger partial charge < -0.3 is 31.3 Å². The fraction of sp³-hybridized carbons (Fsp3) is 0.618. The van der Waals surface area contributed by atoms with E-state index < -0.39 is 5.92 Å². The maximum Gasteiger partial charge on any atom is 0.220 e. The van der Waals surface area contributed by atoms with Crippen LogP contribution in [-0.4, -0.2) is 71.9 Å². The summed E-state index contributed by atoms with van der Waals surface area (Å²) in [4.78, 5) is 41.6. The van der Waals surface area contributed by atoms with E-state index in [1.54, 1.807) is 6.92 Å². The first-order valence-corrected chi connectivity index (χ1v) is 17.5. The van der Waals surface area contributed by atoms with Crippen molar-refractivity contribution in [3.05, 3.63) is 33.5 Å². The minimum atomic E-state index is -0.473. The smallest absolute Gasteiger partial charge is 0.220 e. The second-order valence-electron chi connectivity index (χ2n) is 13.1. The van der Waals surface area contributed by atoms with E-state index in [-0.39, 0.29) is 28.8 Å². The number of rotatable bonds is 13. The standard InChI is InChI=1S/C34H48N8O3S/c1-5-8-24(31(44)23-10-6-11-26-29(23)25(18-35)32(37)46-26)30(36)33-39-27(17-28(40-33)45-19-21(2)9-7-14-38-4)41-15-16-42(22(3)43)34(20-41)12-13-34/h17,21,23,38H,5-16,19-20,36-37H2,1-4H3/b30-24-/t21-,23-/m0/s1. The molecule has 2 aliphatic carbocycles.